The molecule has 0 saturated carbocycles. The number of nitrogens with two attached hydrogens (primary N) is 1. The summed E-state index contributed by atoms with van der Waals surface area (Å²) in [6, 6.07) is 8.06. The number of carbonyl (C=O) groups excluding carboxylic acids is 1. The van der Waals surface area contributed by atoms with Gasteiger partial charge in [0.05, 0.1) is 17.7 Å². The molecule has 7 nitrogen and oxygen atoms in total. The Morgan fingerprint density at radius 3 is 2.82 bits per heavy atom. The maximum Gasteiger partial charge on any atom is 0.355 e. The van der Waals surface area contributed by atoms with Crippen molar-refractivity contribution in [2.24, 2.45) is 5.73 Å². The van der Waals surface area contributed by atoms with E-state index in [1.807, 2.05) is 6.07 Å². The molecule has 0 saturated heterocycles. The number of carbonyl (C=O) groups is 2. The summed E-state index contributed by atoms with van der Waals surface area (Å²) in [6.07, 6.45) is 0.201. The predicted molar refractivity (Wildman–Crippen MR) is 80.5 cm³/mol. The molecular weight excluding hydrogens is 304 g/mol. The number of aromatic carboxylic acids is 1. The highest BCUT2D eigenvalue weighted by Crippen LogP contribution is 2.16. The van der Waals surface area contributed by atoms with Crippen LogP contribution in [0.25, 0.3) is 0 Å². The van der Waals surface area contributed by atoms with Gasteiger partial charge in [0.25, 0.3) is 0 Å². The van der Waals surface area contributed by atoms with Gasteiger partial charge in [-0.1, -0.05) is 18.2 Å². The number of hydrogen-bond donors (Lipinski definition) is 3. The molecule has 4 N–H and O–H groups in total. The number of nitrogens with zero attached hydrogens (tertiary/aromatic N) is 2. The van der Waals surface area contributed by atoms with Gasteiger partial charge in [0.2, 0.25) is 5.91 Å². The molecule has 2 rings (SSSR count). The predicted octanol–water partition coefficient (Wildman–Crippen LogP) is 1.22. The van der Waals surface area contributed by atoms with E-state index in [0.717, 1.165) is 11.3 Å². The number of nitrogens with one attached hydrogen (secondary N) is 1. The lowest BCUT2D eigenvalue weighted by Crippen LogP contribution is -2.37. The van der Waals surface area contributed by atoms with E-state index in [9.17, 15) is 9.59 Å². The van der Waals surface area contributed by atoms with Crippen LogP contribution >= 0.6 is 11.3 Å². The molecule has 1 aromatic carbocycles. The van der Waals surface area contributed by atoms with Crippen molar-refractivity contribution in [3.63, 3.8) is 0 Å². The number of rotatable bonds is 5. The molecular formula is C14H12N4O3S. The number of carboxylic acid groups (broad SMARTS) is 1. The molecule has 0 bridgehead atoms. The number of aromatic nitrogens is 1. The highest BCUT2D eigenvalue weighted by atomic mass is 32.1. The number of carboxylic acids is 1. The Morgan fingerprint density at radius 2 is 2.18 bits per heavy atom. The van der Waals surface area contributed by atoms with Crippen molar-refractivity contribution in [3.05, 3.63) is 46.5 Å². The molecule has 8 heteroatoms. The number of nitriles is 1. The van der Waals surface area contributed by atoms with Crippen molar-refractivity contribution in [2.75, 3.05) is 5.32 Å². The SMILES string of the molecule is N#Cc1ccccc1C[C@H](N)C(=O)Nc1nc(C(=O)O)cs1. The molecule has 0 radical (unpaired) electrons. The van der Waals surface area contributed by atoms with Gasteiger partial charge in [-0.3, -0.25) is 4.79 Å². The van der Waals surface area contributed by atoms with E-state index in [4.69, 9.17) is 16.1 Å². The Kier molecular flexibility index (Phi) is 4.83. The third kappa shape index (κ3) is 3.66. The number of amides is 1. The summed E-state index contributed by atoms with van der Waals surface area (Å²) >= 11 is 1.01. The molecule has 0 aliphatic carbocycles. The van der Waals surface area contributed by atoms with Gasteiger partial charge in [-0.15, -0.1) is 11.3 Å². The largest absolute Gasteiger partial charge is 0.476 e. The van der Waals surface area contributed by atoms with Crippen LogP contribution in [-0.4, -0.2) is 28.0 Å². The zero-order valence-corrected chi connectivity index (χ0v) is 12.1. The quantitative estimate of drug-likeness (QED) is 0.760. The van der Waals surface area contributed by atoms with Crippen molar-refractivity contribution in [1.82, 2.24) is 4.98 Å². The van der Waals surface area contributed by atoms with Crippen molar-refractivity contribution in [3.8, 4) is 6.07 Å². The van der Waals surface area contributed by atoms with Crippen molar-refractivity contribution in [1.29, 1.82) is 5.26 Å². The summed E-state index contributed by atoms with van der Waals surface area (Å²) in [4.78, 5) is 26.5. The maximum absolute atomic E-state index is 12.0. The molecule has 1 atom stereocenters. The first-order valence-electron chi connectivity index (χ1n) is 6.24. The van der Waals surface area contributed by atoms with E-state index in [1.54, 1.807) is 24.3 Å². The van der Waals surface area contributed by atoms with Gasteiger partial charge in [0, 0.05) is 5.38 Å². The Balaban J connectivity index is 2.03. The van der Waals surface area contributed by atoms with Crippen LogP contribution in [0.1, 0.15) is 21.6 Å². The molecule has 0 aliphatic heterocycles. The van der Waals surface area contributed by atoms with E-state index in [1.165, 1.54) is 5.38 Å². The molecule has 0 spiro atoms. The van der Waals surface area contributed by atoms with E-state index >= 15 is 0 Å². The van der Waals surface area contributed by atoms with Crippen LogP contribution in [0.4, 0.5) is 5.13 Å². The van der Waals surface area contributed by atoms with Crippen LogP contribution in [0.5, 0.6) is 0 Å². The highest BCUT2D eigenvalue weighted by Gasteiger charge is 2.18. The Bertz CT molecular complexity index is 751. The van der Waals surface area contributed by atoms with Crippen LogP contribution in [-0.2, 0) is 11.2 Å². The average molecular weight is 316 g/mol. The minimum atomic E-state index is -1.16. The third-order valence-electron chi connectivity index (χ3n) is 2.87. The Hall–Kier alpha value is -2.76. The van der Waals surface area contributed by atoms with E-state index < -0.39 is 17.9 Å². The Morgan fingerprint density at radius 1 is 1.45 bits per heavy atom. The second-order valence-electron chi connectivity index (χ2n) is 4.41. The average Bonchev–Trinajstić information content (AvgIpc) is 2.96. The van der Waals surface area contributed by atoms with Gasteiger partial charge in [-0.05, 0) is 18.1 Å². The molecule has 2 aromatic rings. The summed E-state index contributed by atoms with van der Waals surface area (Å²) in [5.74, 6) is -1.65. The first-order valence-corrected chi connectivity index (χ1v) is 7.12. The van der Waals surface area contributed by atoms with Crippen molar-refractivity contribution >= 4 is 28.3 Å². The van der Waals surface area contributed by atoms with E-state index in [-0.39, 0.29) is 17.2 Å². The molecule has 0 unspecified atom stereocenters. The molecule has 1 amide bonds. The fourth-order valence-electron chi connectivity index (χ4n) is 1.76. The van der Waals surface area contributed by atoms with Gasteiger partial charge in [0.1, 0.15) is 0 Å². The second kappa shape index (κ2) is 6.80. The van der Waals surface area contributed by atoms with Crippen LogP contribution in [0.2, 0.25) is 0 Å². The van der Waals surface area contributed by atoms with Gasteiger partial charge in [-0.25, -0.2) is 9.78 Å². The maximum atomic E-state index is 12.0. The number of thiazole rings is 1. The minimum absolute atomic E-state index is 0.135. The van der Waals surface area contributed by atoms with Gasteiger partial charge >= 0.3 is 5.97 Å². The van der Waals surface area contributed by atoms with Crippen LogP contribution in [0.15, 0.2) is 29.6 Å². The minimum Gasteiger partial charge on any atom is -0.476 e. The zero-order chi connectivity index (χ0) is 16.1. The van der Waals surface area contributed by atoms with Crippen LogP contribution in [0.3, 0.4) is 0 Å². The smallest absolute Gasteiger partial charge is 0.355 e. The fourth-order valence-corrected chi connectivity index (χ4v) is 2.45. The van der Waals surface area contributed by atoms with Crippen LogP contribution in [0, 0.1) is 11.3 Å². The first kappa shape index (κ1) is 15.6. The van der Waals surface area contributed by atoms with E-state index in [0.29, 0.717) is 11.1 Å². The summed E-state index contributed by atoms with van der Waals surface area (Å²) in [6.45, 7) is 0. The fraction of sp³-hybridized carbons (Fsp3) is 0.143. The molecule has 22 heavy (non-hydrogen) atoms. The number of anilines is 1. The lowest BCUT2D eigenvalue weighted by Gasteiger charge is -2.11. The van der Waals surface area contributed by atoms with Gasteiger partial charge in [-0.2, -0.15) is 5.26 Å². The summed E-state index contributed by atoms with van der Waals surface area (Å²) in [7, 11) is 0. The lowest BCUT2D eigenvalue weighted by atomic mass is 10.0. The monoisotopic (exact) mass is 316 g/mol. The van der Waals surface area contributed by atoms with Crippen molar-refractivity contribution < 1.29 is 14.7 Å². The number of hydrogen-bond acceptors (Lipinski definition) is 6. The molecule has 112 valence electrons. The topological polar surface area (TPSA) is 129 Å². The normalized spacial score (nSPS) is 11.5. The standard InChI is InChI=1S/C14H12N4O3S/c15-6-9-4-2-1-3-8(9)5-10(16)12(19)18-14-17-11(7-22-14)13(20)21/h1-4,7,10H,5,16H2,(H,20,21)(H,17,18,19)/t10-/m0/s1. The number of benzene rings is 1. The molecule has 0 fully saturated rings. The van der Waals surface area contributed by atoms with E-state index in [2.05, 4.69) is 10.3 Å². The molecule has 0 aliphatic rings. The first-order chi connectivity index (χ1) is 10.5. The molecule has 1 heterocycles. The second-order valence-corrected chi connectivity index (χ2v) is 5.27. The van der Waals surface area contributed by atoms with Crippen LogP contribution < -0.4 is 11.1 Å². The summed E-state index contributed by atoms with van der Waals surface area (Å²) < 4.78 is 0. The van der Waals surface area contributed by atoms with Gasteiger partial charge < -0.3 is 16.2 Å². The molecule has 1 aromatic heterocycles. The third-order valence-corrected chi connectivity index (χ3v) is 3.63. The Labute approximate surface area is 130 Å². The zero-order valence-electron chi connectivity index (χ0n) is 11.3. The highest BCUT2D eigenvalue weighted by molar-refractivity contribution is 7.14. The van der Waals surface area contributed by atoms with Gasteiger partial charge in [0.15, 0.2) is 10.8 Å². The summed E-state index contributed by atoms with van der Waals surface area (Å²) in [5.41, 5.74) is 6.84. The lowest BCUT2D eigenvalue weighted by molar-refractivity contribution is -0.117. The summed E-state index contributed by atoms with van der Waals surface area (Å²) in [5, 5.41) is 21.7. The van der Waals surface area contributed by atoms with Crippen molar-refractivity contribution in [2.45, 2.75) is 12.5 Å².